The maximum Gasteiger partial charge on any atom is -0.000782 e. The zero-order chi connectivity index (χ0) is 15.8. The average molecular weight is 340 g/mol. The molecular weight excluding hydrogens is 314 g/mol. The molecule has 0 heterocycles. The van der Waals surface area contributed by atoms with Gasteiger partial charge in [0.1, 0.15) is 0 Å². The van der Waals surface area contributed by atoms with Crippen LogP contribution in [-0.2, 0) is 32.1 Å². The van der Waals surface area contributed by atoms with E-state index in [1.54, 1.807) is 33.4 Å². The van der Waals surface area contributed by atoms with E-state index in [1.807, 2.05) is 0 Å². The van der Waals surface area contributed by atoms with Gasteiger partial charge in [-0.3, -0.25) is 0 Å². The minimum Gasteiger partial charge on any atom is -0.105 e. The van der Waals surface area contributed by atoms with Crippen molar-refractivity contribution < 1.29 is 0 Å². The number of aryl methyl sites for hydroxylation is 2. The summed E-state index contributed by atoms with van der Waals surface area (Å²) in [5.74, 6) is 0. The third kappa shape index (κ3) is 3.01. The summed E-state index contributed by atoms with van der Waals surface area (Å²) in [5.41, 5.74) is 9.70. The van der Waals surface area contributed by atoms with E-state index in [0.717, 1.165) is 6.42 Å². The molecule has 0 N–H and O–H groups in total. The van der Waals surface area contributed by atoms with Crippen LogP contribution in [0.15, 0.2) is 24.3 Å². The van der Waals surface area contributed by atoms with Crippen LogP contribution in [-0.4, -0.2) is 0 Å². The van der Waals surface area contributed by atoms with Gasteiger partial charge in [0.2, 0.25) is 0 Å². The molecule has 2 aromatic carbocycles. The van der Waals surface area contributed by atoms with Gasteiger partial charge in [-0.05, 0) is 102 Å². The third-order valence-corrected chi connectivity index (χ3v) is 6.81. The van der Waals surface area contributed by atoms with Crippen molar-refractivity contribution in [3.8, 4) is 0 Å². The van der Waals surface area contributed by atoms with Crippen molar-refractivity contribution in [1.82, 2.24) is 0 Å². The van der Waals surface area contributed by atoms with Crippen LogP contribution in [0, 0.1) is 0 Å². The highest BCUT2D eigenvalue weighted by Gasteiger charge is 2.19. The van der Waals surface area contributed by atoms with Gasteiger partial charge in [-0.15, -0.1) is 18.5 Å². The minimum atomic E-state index is 1.12. The predicted octanol–water partition coefficient (Wildman–Crippen LogP) is 4.04. The Morgan fingerprint density at radius 3 is 1.52 bits per heavy atom. The molecule has 0 amide bonds. The molecule has 2 aliphatic rings. The summed E-state index contributed by atoms with van der Waals surface area (Å²) < 4.78 is 0. The van der Waals surface area contributed by atoms with Crippen molar-refractivity contribution in [2.45, 2.75) is 57.8 Å². The second kappa shape index (κ2) is 6.66. The molecule has 120 valence electrons. The molecule has 2 atom stereocenters. The van der Waals surface area contributed by atoms with Gasteiger partial charge in [-0.25, -0.2) is 0 Å². The van der Waals surface area contributed by atoms with E-state index in [9.17, 15) is 0 Å². The van der Waals surface area contributed by atoms with E-state index in [1.165, 1.54) is 62.0 Å². The van der Waals surface area contributed by atoms with Gasteiger partial charge in [0.15, 0.2) is 0 Å². The van der Waals surface area contributed by atoms with Crippen LogP contribution >= 0.6 is 18.5 Å². The Balaban J connectivity index is 1.80. The fraction of sp³-hybridized carbons (Fsp3) is 0.429. The summed E-state index contributed by atoms with van der Waals surface area (Å²) in [5, 5.41) is 2.81. The van der Waals surface area contributed by atoms with Gasteiger partial charge < -0.3 is 0 Å². The van der Waals surface area contributed by atoms with E-state index in [-0.39, 0.29) is 0 Å². The first-order valence-electron chi connectivity index (χ1n) is 9.02. The fourth-order valence-electron chi connectivity index (χ4n) is 4.44. The van der Waals surface area contributed by atoms with E-state index in [0.29, 0.717) is 0 Å². The summed E-state index contributed by atoms with van der Waals surface area (Å²) in [6, 6.07) is 9.37. The van der Waals surface area contributed by atoms with Crippen molar-refractivity contribution in [3.63, 3.8) is 0 Å². The molecule has 2 heteroatoms. The largest absolute Gasteiger partial charge is 0.105 e. The van der Waals surface area contributed by atoms with Gasteiger partial charge in [0, 0.05) is 0 Å². The van der Waals surface area contributed by atoms with E-state index in [2.05, 4.69) is 42.7 Å². The third-order valence-electron chi connectivity index (χ3n) is 5.73. The molecule has 0 nitrogen and oxygen atoms in total. The second-order valence-electron chi connectivity index (χ2n) is 7.13. The Morgan fingerprint density at radius 1 is 0.609 bits per heavy atom. The van der Waals surface area contributed by atoms with Gasteiger partial charge >= 0.3 is 0 Å². The lowest BCUT2D eigenvalue weighted by atomic mass is 9.83. The molecule has 23 heavy (non-hydrogen) atoms. The Morgan fingerprint density at radius 2 is 1.04 bits per heavy atom. The van der Waals surface area contributed by atoms with Crippen LogP contribution in [0.2, 0.25) is 0 Å². The molecule has 0 radical (unpaired) electrons. The number of benzene rings is 2. The molecule has 0 aliphatic heterocycles. The van der Waals surface area contributed by atoms with Crippen LogP contribution in [0.4, 0.5) is 0 Å². The van der Waals surface area contributed by atoms with Crippen molar-refractivity contribution >= 4 is 29.1 Å². The Hall–Kier alpha value is -0.700. The lowest BCUT2D eigenvalue weighted by Crippen LogP contribution is -2.19. The molecule has 2 unspecified atom stereocenters. The summed E-state index contributed by atoms with van der Waals surface area (Å²) in [7, 11) is 5.98. The number of rotatable bonds is 2. The maximum absolute atomic E-state index is 2.99. The quantitative estimate of drug-likeness (QED) is 0.724. The van der Waals surface area contributed by atoms with Gasteiger partial charge in [0.25, 0.3) is 0 Å². The highest BCUT2D eigenvalue weighted by Crippen LogP contribution is 2.30. The summed E-state index contributed by atoms with van der Waals surface area (Å²) >= 11 is 0. The monoisotopic (exact) mass is 340 g/mol. The summed E-state index contributed by atoms with van der Waals surface area (Å²) in [6.45, 7) is 0. The number of hydrogen-bond acceptors (Lipinski definition) is 0. The predicted molar refractivity (Wildman–Crippen MR) is 108 cm³/mol. The fourth-order valence-corrected chi connectivity index (χ4v) is 5.18. The van der Waals surface area contributed by atoms with Gasteiger partial charge in [0.05, 0.1) is 0 Å². The number of hydrogen-bond donors (Lipinski definition) is 0. The smallest absolute Gasteiger partial charge is 0.000782 e. The van der Waals surface area contributed by atoms with Crippen molar-refractivity contribution in [3.05, 3.63) is 57.6 Å². The van der Waals surface area contributed by atoms with Gasteiger partial charge in [-0.2, -0.15) is 0 Å². The topological polar surface area (TPSA) is 0 Å². The van der Waals surface area contributed by atoms with Crippen LogP contribution in [0.3, 0.4) is 0 Å². The van der Waals surface area contributed by atoms with Crippen molar-refractivity contribution in [1.29, 1.82) is 0 Å². The number of fused-ring (bicyclic) bond motifs is 2. The molecule has 0 spiro atoms. The van der Waals surface area contributed by atoms with E-state index < -0.39 is 0 Å². The van der Waals surface area contributed by atoms with Crippen molar-refractivity contribution in [2.24, 2.45) is 0 Å². The van der Waals surface area contributed by atoms with E-state index in [4.69, 9.17) is 0 Å². The first kappa shape index (κ1) is 15.8. The molecule has 4 rings (SSSR count). The summed E-state index contributed by atoms with van der Waals surface area (Å²) in [6.07, 6.45) is 11.6. The van der Waals surface area contributed by atoms with Crippen molar-refractivity contribution in [2.75, 3.05) is 0 Å². The minimum absolute atomic E-state index is 1.12. The van der Waals surface area contributed by atoms with E-state index >= 15 is 0 Å². The van der Waals surface area contributed by atoms with Crippen LogP contribution in [0.5, 0.6) is 0 Å². The Bertz CT molecular complexity index is 682. The standard InChI is InChI=1S/C21H26P2/c22-20-11-9-14-5-1-3-7-16(14)18(20)13-19-17-8-4-2-6-15(17)10-12-21(19)23/h9-12H,1-8,13,22-23H2. The highest BCUT2D eigenvalue weighted by atomic mass is 31.0. The molecule has 2 aliphatic carbocycles. The zero-order valence-electron chi connectivity index (χ0n) is 13.8. The molecular formula is C21H26P2. The van der Waals surface area contributed by atoms with Crippen LogP contribution in [0.1, 0.15) is 59.1 Å². The van der Waals surface area contributed by atoms with Crippen LogP contribution < -0.4 is 10.6 Å². The first-order chi connectivity index (χ1) is 11.2. The average Bonchev–Trinajstić information content (AvgIpc) is 2.59. The zero-order valence-corrected chi connectivity index (χ0v) is 16.1. The molecule has 0 aromatic heterocycles. The molecule has 0 fully saturated rings. The molecule has 0 bridgehead atoms. The highest BCUT2D eigenvalue weighted by molar-refractivity contribution is 7.27. The second-order valence-corrected chi connectivity index (χ2v) is 8.38. The Kier molecular flexibility index (Phi) is 4.58. The van der Waals surface area contributed by atoms with Gasteiger partial charge in [-0.1, -0.05) is 24.3 Å². The normalized spacial score (nSPS) is 16.8. The Labute approximate surface area is 144 Å². The molecule has 0 saturated heterocycles. The summed E-state index contributed by atoms with van der Waals surface area (Å²) in [4.78, 5) is 0. The molecule has 0 saturated carbocycles. The lowest BCUT2D eigenvalue weighted by Gasteiger charge is -2.25. The lowest BCUT2D eigenvalue weighted by molar-refractivity contribution is 0.675. The SMILES string of the molecule is Pc1ccc2c(c1Cc1c(P)ccc3c1CCCC3)CCCC2. The van der Waals surface area contributed by atoms with Crippen LogP contribution in [0.25, 0.3) is 0 Å². The first-order valence-corrected chi connectivity index (χ1v) is 10.2. The maximum atomic E-state index is 2.99. The molecule has 2 aromatic rings.